The van der Waals surface area contributed by atoms with Crippen LogP contribution in [0, 0.1) is 0 Å². The van der Waals surface area contributed by atoms with Gasteiger partial charge in [0, 0.05) is 42.8 Å². The highest BCUT2D eigenvalue weighted by Gasteiger charge is 2.31. The van der Waals surface area contributed by atoms with E-state index in [1.165, 1.54) is 32.1 Å². The topological polar surface area (TPSA) is 69.8 Å². The molecular formula is C20H24ClN3O3. The molecule has 1 aliphatic heterocycles. The fraction of sp³-hybridized carbons (Fsp3) is 0.500. The van der Waals surface area contributed by atoms with Gasteiger partial charge < -0.3 is 14.5 Å². The summed E-state index contributed by atoms with van der Waals surface area (Å²) in [6, 6.07) is 7.61. The predicted molar refractivity (Wildman–Crippen MR) is 105 cm³/mol. The summed E-state index contributed by atoms with van der Waals surface area (Å²) in [6.07, 6.45) is 6.56. The first-order valence-electron chi connectivity index (χ1n) is 9.61. The van der Waals surface area contributed by atoms with E-state index in [0.29, 0.717) is 22.4 Å². The van der Waals surface area contributed by atoms with E-state index in [0.717, 1.165) is 26.2 Å². The molecule has 0 radical (unpaired) electrons. The number of benzene rings is 1. The van der Waals surface area contributed by atoms with E-state index in [1.54, 1.807) is 24.3 Å². The minimum Gasteiger partial charge on any atom is -0.477 e. The van der Waals surface area contributed by atoms with Gasteiger partial charge in [0.05, 0.1) is 0 Å². The Kier molecular flexibility index (Phi) is 5.36. The molecule has 1 saturated carbocycles. The number of rotatable bonds is 4. The first-order valence-corrected chi connectivity index (χ1v) is 9.99. The SMILES string of the molecule is O=C(O)c1c(N2CCN(C3CCCCC3)CC2)noc1-c1ccc(Cl)cc1. The van der Waals surface area contributed by atoms with Crippen molar-refractivity contribution in [2.24, 2.45) is 0 Å². The van der Waals surface area contributed by atoms with Crippen LogP contribution in [0.2, 0.25) is 5.02 Å². The van der Waals surface area contributed by atoms with Crippen LogP contribution in [0.4, 0.5) is 5.82 Å². The molecule has 1 saturated heterocycles. The molecule has 0 unspecified atom stereocenters. The summed E-state index contributed by atoms with van der Waals surface area (Å²) in [5, 5.41) is 14.5. The number of hydrogen-bond acceptors (Lipinski definition) is 5. The highest BCUT2D eigenvalue weighted by molar-refractivity contribution is 6.30. The van der Waals surface area contributed by atoms with Crippen molar-refractivity contribution in [3.8, 4) is 11.3 Å². The fourth-order valence-electron chi connectivity index (χ4n) is 4.23. The lowest BCUT2D eigenvalue weighted by Gasteiger charge is -2.40. The second kappa shape index (κ2) is 7.90. The molecule has 2 heterocycles. The summed E-state index contributed by atoms with van der Waals surface area (Å²) < 4.78 is 5.45. The minimum absolute atomic E-state index is 0.128. The maximum absolute atomic E-state index is 11.9. The molecular weight excluding hydrogens is 366 g/mol. The molecule has 0 bridgehead atoms. The van der Waals surface area contributed by atoms with Gasteiger partial charge in [-0.1, -0.05) is 36.0 Å². The zero-order valence-electron chi connectivity index (χ0n) is 15.2. The summed E-state index contributed by atoms with van der Waals surface area (Å²) in [7, 11) is 0. The van der Waals surface area contributed by atoms with Crippen LogP contribution < -0.4 is 4.90 Å². The Bertz CT molecular complexity index is 791. The third-order valence-corrected chi connectivity index (χ3v) is 5.95. The normalized spacial score (nSPS) is 19.4. The van der Waals surface area contributed by atoms with E-state index < -0.39 is 5.97 Å². The molecule has 6 nitrogen and oxygen atoms in total. The molecule has 144 valence electrons. The maximum atomic E-state index is 11.9. The first kappa shape index (κ1) is 18.3. The van der Waals surface area contributed by atoms with Crippen LogP contribution in [-0.4, -0.2) is 53.4 Å². The second-order valence-electron chi connectivity index (χ2n) is 7.34. The van der Waals surface area contributed by atoms with E-state index in [-0.39, 0.29) is 11.3 Å². The Hall–Kier alpha value is -2.05. The molecule has 0 atom stereocenters. The molecule has 0 spiro atoms. The molecule has 1 aromatic carbocycles. The molecule has 4 rings (SSSR count). The Morgan fingerprint density at radius 3 is 2.37 bits per heavy atom. The number of hydrogen-bond donors (Lipinski definition) is 1. The van der Waals surface area contributed by atoms with E-state index in [4.69, 9.17) is 16.1 Å². The van der Waals surface area contributed by atoms with Crippen LogP contribution in [0.1, 0.15) is 42.5 Å². The van der Waals surface area contributed by atoms with Crippen LogP contribution >= 0.6 is 11.6 Å². The van der Waals surface area contributed by atoms with Gasteiger partial charge in [-0.15, -0.1) is 0 Å². The average molecular weight is 390 g/mol. The lowest BCUT2D eigenvalue weighted by molar-refractivity contribution is 0.0697. The van der Waals surface area contributed by atoms with Gasteiger partial charge in [-0.3, -0.25) is 4.90 Å². The van der Waals surface area contributed by atoms with Crippen LogP contribution in [-0.2, 0) is 0 Å². The molecule has 1 aromatic heterocycles. The highest BCUT2D eigenvalue weighted by Crippen LogP contribution is 2.33. The van der Waals surface area contributed by atoms with Gasteiger partial charge in [-0.25, -0.2) is 4.79 Å². The maximum Gasteiger partial charge on any atom is 0.343 e. The van der Waals surface area contributed by atoms with Gasteiger partial charge in [0.15, 0.2) is 17.1 Å². The minimum atomic E-state index is -1.02. The number of nitrogens with zero attached hydrogens (tertiary/aromatic N) is 3. The Labute approximate surface area is 163 Å². The zero-order valence-corrected chi connectivity index (χ0v) is 16.0. The van der Waals surface area contributed by atoms with Crippen molar-refractivity contribution in [2.45, 2.75) is 38.1 Å². The number of piperazine rings is 1. The van der Waals surface area contributed by atoms with Crippen LogP contribution in [0.3, 0.4) is 0 Å². The van der Waals surface area contributed by atoms with Gasteiger partial charge in [0.1, 0.15) is 0 Å². The highest BCUT2D eigenvalue weighted by atomic mass is 35.5. The summed E-state index contributed by atoms with van der Waals surface area (Å²) in [5.41, 5.74) is 0.792. The lowest BCUT2D eigenvalue weighted by Crippen LogP contribution is -2.51. The molecule has 2 aliphatic rings. The van der Waals surface area contributed by atoms with E-state index in [9.17, 15) is 9.90 Å². The van der Waals surface area contributed by atoms with Gasteiger partial charge >= 0.3 is 5.97 Å². The molecule has 1 aliphatic carbocycles. The van der Waals surface area contributed by atoms with Crippen molar-refractivity contribution in [3.05, 3.63) is 34.9 Å². The summed E-state index contributed by atoms with van der Waals surface area (Å²) in [5.74, 6) is -0.314. The van der Waals surface area contributed by atoms with E-state index in [2.05, 4.69) is 10.1 Å². The largest absolute Gasteiger partial charge is 0.477 e. The fourth-order valence-corrected chi connectivity index (χ4v) is 4.36. The van der Waals surface area contributed by atoms with E-state index in [1.807, 2.05) is 4.90 Å². The smallest absolute Gasteiger partial charge is 0.343 e. The molecule has 2 aromatic rings. The zero-order chi connectivity index (χ0) is 18.8. The van der Waals surface area contributed by atoms with Crippen LogP contribution in [0.15, 0.2) is 28.8 Å². The summed E-state index contributed by atoms with van der Waals surface area (Å²) in [4.78, 5) is 16.5. The molecule has 7 heteroatoms. The quantitative estimate of drug-likeness (QED) is 0.847. The van der Waals surface area contributed by atoms with Crippen molar-refractivity contribution in [2.75, 3.05) is 31.1 Å². The monoisotopic (exact) mass is 389 g/mol. The van der Waals surface area contributed by atoms with Crippen molar-refractivity contribution < 1.29 is 14.4 Å². The first-order chi connectivity index (χ1) is 13.1. The number of aromatic nitrogens is 1. The Morgan fingerprint density at radius 1 is 1.07 bits per heavy atom. The molecule has 0 amide bonds. The van der Waals surface area contributed by atoms with Gasteiger partial charge in [0.25, 0.3) is 0 Å². The van der Waals surface area contributed by atoms with Crippen LogP contribution in [0.25, 0.3) is 11.3 Å². The third kappa shape index (κ3) is 3.82. The van der Waals surface area contributed by atoms with Gasteiger partial charge in [0.2, 0.25) is 0 Å². The van der Waals surface area contributed by atoms with Crippen molar-refractivity contribution in [3.63, 3.8) is 0 Å². The number of carbonyl (C=O) groups is 1. The number of carboxylic acids is 1. The average Bonchev–Trinajstić information content (AvgIpc) is 3.15. The molecule has 1 N–H and O–H groups in total. The van der Waals surface area contributed by atoms with Gasteiger partial charge in [-0.05, 0) is 37.1 Å². The molecule has 27 heavy (non-hydrogen) atoms. The summed E-state index contributed by atoms with van der Waals surface area (Å²) in [6.45, 7) is 3.41. The number of halogens is 1. The van der Waals surface area contributed by atoms with E-state index >= 15 is 0 Å². The van der Waals surface area contributed by atoms with Crippen LogP contribution in [0.5, 0.6) is 0 Å². The summed E-state index contributed by atoms with van der Waals surface area (Å²) >= 11 is 5.93. The predicted octanol–water partition coefficient (Wildman–Crippen LogP) is 4.15. The number of carboxylic acid groups (broad SMARTS) is 1. The van der Waals surface area contributed by atoms with Crippen molar-refractivity contribution in [1.29, 1.82) is 0 Å². The number of anilines is 1. The van der Waals surface area contributed by atoms with Gasteiger partial charge in [-0.2, -0.15) is 0 Å². The van der Waals surface area contributed by atoms with Crippen molar-refractivity contribution in [1.82, 2.24) is 10.1 Å². The lowest BCUT2D eigenvalue weighted by atomic mass is 9.94. The Morgan fingerprint density at radius 2 is 1.74 bits per heavy atom. The Balaban J connectivity index is 1.52. The third-order valence-electron chi connectivity index (χ3n) is 5.70. The standard InChI is InChI=1S/C20H24ClN3O3/c21-15-8-6-14(7-9-15)18-17(20(25)26)19(22-27-18)24-12-10-23(11-13-24)16-4-2-1-3-5-16/h6-9,16H,1-5,10-13H2,(H,25,26). The molecule has 2 fully saturated rings. The van der Waals surface area contributed by atoms with Crippen molar-refractivity contribution >= 4 is 23.4 Å². The second-order valence-corrected chi connectivity index (χ2v) is 7.77. The number of aromatic carboxylic acids is 1.